The van der Waals surface area contributed by atoms with Gasteiger partial charge in [0.05, 0.1) is 5.71 Å². The Bertz CT molecular complexity index is 469. The van der Waals surface area contributed by atoms with Crippen molar-refractivity contribution in [2.75, 3.05) is 31.6 Å². The molecule has 4 heteroatoms. The van der Waals surface area contributed by atoms with Crippen LogP contribution in [0.4, 0.5) is 0 Å². The monoisotopic (exact) mass is 304 g/mol. The van der Waals surface area contributed by atoms with E-state index in [1.165, 1.54) is 37.2 Å². The summed E-state index contributed by atoms with van der Waals surface area (Å²) in [7, 11) is 0. The fourth-order valence-electron chi connectivity index (χ4n) is 3.19. The molecule has 2 aliphatic rings. The molecular formula is C17H24N2OS. The molecule has 0 unspecified atom stereocenters. The van der Waals surface area contributed by atoms with Crippen LogP contribution in [0.15, 0.2) is 35.5 Å². The van der Waals surface area contributed by atoms with Gasteiger partial charge in [-0.05, 0) is 49.4 Å². The maximum Gasteiger partial charge on any atom is 0.145 e. The van der Waals surface area contributed by atoms with Crippen molar-refractivity contribution in [2.45, 2.75) is 25.4 Å². The maximum absolute atomic E-state index is 5.64. The molecule has 3 nitrogen and oxygen atoms in total. The van der Waals surface area contributed by atoms with Crippen LogP contribution in [0.5, 0.6) is 0 Å². The molecule has 3 rings (SSSR count). The van der Waals surface area contributed by atoms with Crippen LogP contribution in [0.1, 0.15) is 24.8 Å². The minimum atomic E-state index is 0.234. The molecule has 1 aromatic rings. The fraction of sp³-hybridized carbons (Fsp3) is 0.588. The quantitative estimate of drug-likeness (QED) is 0.835. The summed E-state index contributed by atoms with van der Waals surface area (Å²) in [4.78, 5) is 8.19. The lowest BCUT2D eigenvalue weighted by Crippen LogP contribution is -2.39. The molecule has 0 N–H and O–H groups in total. The maximum atomic E-state index is 5.64. The minimum absolute atomic E-state index is 0.234. The Hall–Kier alpha value is -1.00. The molecule has 1 fully saturated rings. The molecule has 1 saturated heterocycles. The minimum Gasteiger partial charge on any atom is -0.390 e. The number of thioether (sulfide) groups is 1. The molecule has 0 aliphatic carbocycles. The molecule has 0 spiro atoms. The van der Waals surface area contributed by atoms with Gasteiger partial charge < -0.3 is 4.84 Å². The topological polar surface area (TPSA) is 24.8 Å². The SMILES string of the molecule is CSCC1CCN(C[C@H]2CC(c3ccccc3)=NO2)CC1. The van der Waals surface area contributed by atoms with Gasteiger partial charge in [-0.2, -0.15) is 11.8 Å². The summed E-state index contributed by atoms with van der Waals surface area (Å²) in [5.74, 6) is 2.23. The molecule has 21 heavy (non-hydrogen) atoms. The zero-order chi connectivity index (χ0) is 14.5. The number of hydrogen-bond acceptors (Lipinski definition) is 4. The van der Waals surface area contributed by atoms with Gasteiger partial charge in [0, 0.05) is 13.0 Å². The van der Waals surface area contributed by atoms with Gasteiger partial charge in [-0.25, -0.2) is 0 Å². The van der Waals surface area contributed by atoms with E-state index in [-0.39, 0.29) is 6.10 Å². The highest BCUT2D eigenvalue weighted by molar-refractivity contribution is 7.98. The first-order valence-corrected chi connectivity index (χ1v) is 9.24. The summed E-state index contributed by atoms with van der Waals surface area (Å²) in [5.41, 5.74) is 2.29. The van der Waals surface area contributed by atoms with Crippen LogP contribution in [0.25, 0.3) is 0 Å². The first-order chi connectivity index (χ1) is 10.3. The second-order valence-electron chi connectivity index (χ2n) is 6.03. The van der Waals surface area contributed by atoms with Gasteiger partial charge in [0.15, 0.2) is 0 Å². The zero-order valence-electron chi connectivity index (χ0n) is 12.7. The highest BCUT2D eigenvalue weighted by Gasteiger charge is 2.26. The largest absolute Gasteiger partial charge is 0.390 e. The molecule has 2 heterocycles. The van der Waals surface area contributed by atoms with Crippen LogP contribution >= 0.6 is 11.8 Å². The van der Waals surface area contributed by atoms with Crippen molar-refractivity contribution >= 4 is 17.5 Å². The molecule has 0 saturated carbocycles. The van der Waals surface area contributed by atoms with Crippen LogP contribution in [-0.2, 0) is 4.84 Å². The van der Waals surface area contributed by atoms with E-state index in [0.717, 1.165) is 24.6 Å². The molecule has 1 atom stereocenters. The molecule has 0 aromatic heterocycles. The normalized spacial score (nSPS) is 23.9. The third-order valence-electron chi connectivity index (χ3n) is 4.41. The fourth-order valence-corrected chi connectivity index (χ4v) is 3.99. The van der Waals surface area contributed by atoms with E-state index in [1.54, 1.807) is 0 Å². The number of oxime groups is 1. The van der Waals surface area contributed by atoms with E-state index >= 15 is 0 Å². The molecule has 0 amide bonds. The van der Waals surface area contributed by atoms with Crippen LogP contribution < -0.4 is 0 Å². The van der Waals surface area contributed by atoms with E-state index in [0.29, 0.717) is 0 Å². The van der Waals surface area contributed by atoms with Crippen LogP contribution in [0.3, 0.4) is 0 Å². The molecule has 114 valence electrons. The van der Waals surface area contributed by atoms with Crippen molar-refractivity contribution in [1.29, 1.82) is 0 Å². The summed E-state index contributed by atoms with van der Waals surface area (Å²) in [6, 6.07) is 10.4. The number of nitrogens with zero attached hydrogens (tertiary/aromatic N) is 2. The van der Waals surface area contributed by atoms with Gasteiger partial charge in [-0.15, -0.1) is 0 Å². The van der Waals surface area contributed by atoms with Gasteiger partial charge in [0.25, 0.3) is 0 Å². The van der Waals surface area contributed by atoms with Crippen molar-refractivity contribution in [3.05, 3.63) is 35.9 Å². The Labute approximate surface area is 131 Å². The van der Waals surface area contributed by atoms with Crippen molar-refractivity contribution in [1.82, 2.24) is 4.90 Å². The molecule has 0 bridgehead atoms. The number of hydrogen-bond donors (Lipinski definition) is 0. The summed E-state index contributed by atoms with van der Waals surface area (Å²) in [6.07, 6.45) is 6.05. The predicted molar refractivity (Wildman–Crippen MR) is 90.0 cm³/mol. The standard InChI is InChI=1S/C17H24N2OS/c1-21-13-14-7-9-19(10-8-14)12-16-11-17(18-20-16)15-5-3-2-4-6-15/h2-6,14,16H,7-13H2,1H3/t16-/m1/s1. The van der Waals surface area contributed by atoms with Crippen LogP contribution in [0.2, 0.25) is 0 Å². The molecule has 1 aromatic carbocycles. The first kappa shape index (κ1) is 14.9. The summed E-state index contributed by atoms with van der Waals surface area (Å²) in [5, 5.41) is 4.28. The van der Waals surface area contributed by atoms with E-state index in [2.05, 4.69) is 40.6 Å². The number of benzene rings is 1. The second-order valence-corrected chi connectivity index (χ2v) is 6.95. The molecule has 0 radical (unpaired) electrons. The average Bonchev–Trinajstić information content (AvgIpc) is 2.99. The van der Waals surface area contributed by atoms with Crippen molar-refractivity contribution in [3.63, 3.8) is 0 Å². The van der Waals surface area contributed by atoms with E-state index in [9.17, 15) is 0 Å². The Morgan fingerprint density at radius 3 is 2.71 bits per heavy atom. The second kappa shape index (κ2) is 7.32. The lowest BCUT2D eigenvalue weighted by atomic mass is 9.98. The van der Waals surface area contributed by atoms with Gasteiger partial charge in [0.2, 0.25) is 0 Å². The zero-order valence-corrected chi connectivity index (χ0v) is 13.5. The Morgan fingerprint density at radius 2 is 2.00 bits per heavy atom. The lowest BCUT2D eigenvalue weighted by molar-refractivity contribution is 0.0432. The molecule has 2 aliphatic heterocycles. The summed E-state index contributed by atoms with van der Waals surface area (Å²) in [6.45, 7) is 3.45. The smallest absolute Gasteiger partial charge is 0.145 e. The number of piperidine rings is 1. The Morgan fingerprint density at radius 1 is 1.24 bits per heavy atom. The first-order valence-electron chi connectivity index (χ1n) is 7.84. The number of rotatable bonds is 5. The van der Waals surface area contributed by atoms with Crippen LogP contribution in [0, 0.1) is 5.92 Å². The van der Waals surface area contributed by atoms with E-state index in [4.69, 9.17) is 4.84 Å². The third kappa shape index (κ3) is 4.01. The summed E-state index contributed by atoms with van der Waals surface area (Å²) < 4.78 is 0. The number of likely N-dealkylation sites (tertiary alicyclic amines) is 1. The van der Waals surface area contributed by atoms with Gasteiger partial charge in [-0.3, -0.25) is 4.90 Å². The highest BCUT2D eigenvalue weighted by Crippen LogP contribution is 2.23. The van der Waals surface area contributed by atoms with Gasteiger partial charge in [-0.1, -0.05) is 35.5 Å². The van der Waals surface area contributed by atoms with Crippen molar-refractivity contribution < 1.29 is 4.84 Å². The van der Waals surface area contributed by atoms with Gasteiger partial charge in [0.1, 0.15) is 6.10 Å². The Kier molecular flexibility index (Phi) is 5.20. The lowest BCUT2D eigenvalue weighted by Gasteiger charge is -2.32. The predicted octanol–water partition coefficient (Wildman–Crippen LogP) is 3.25. The van der Waals surface area contributed by atoms with E-state index in [1.807, 2.05) is 17.8 Å². The third-order valence-corrected chi connectivity index (χ3v) is 5.22. The van der Waals surface area contributed by atoms with Crippen molar-refractivity contribution in [3.8, 4) is 0 Å². The summed E-state index contributed by atoms with van der Waals surface area (Å²) >= 11 is 1.98. The van der Waals surface area contributed by atoms with Crippen molar-refractivity contribution in [2.24, 2.45) is 11.1 Å². The average molecular weight is 304 g/mol. The highest BCUT2D eigenvalue weighted by atomic mass is 32.2. The van der Waals surface area contributed by atoms with E-state index < -0.39 is 0 Å². The van der Waals surface area contributed by atoms with Crippen LogP contribution in [-0.4, -0.2) is 48.4 Å². The Balaban J connectivity index is 1.44. The van der Waals surface area contributed by atoms with Gasteiger partial charge >= 0.3 is 0 Å². The molecular weight excluding hydrogens is 280 g/mol.